The number of rotatable bonds is 4. The molecule has 22 heteroatoms. The van der Waals surface area contributed by atoms with Gasteiger partial charge in [0.05, 0.1) is 85.4 Å². The van der Waals surface area contributed by atoms with Crippen LogP contribution in [0, 0.1) is 128 Å². The topological polar surface area (TPSA) is 303 Å². The first kappa shape index (κ1) is 108. The maximum atomic E-state index is 12.7. The van der Waals surface area contributed by atoms with E-state index in [1.807, 2.05) is 18.5 Å². The van der Waals surface area contributed by atoms with Crippen molar-refractivity contribution in [1.82, 2.24) is 10.3 Å². The van der Waals surface area contributed by atoms with Gasteiger partial charge in [-0.05, 0) is 235 Å². The van der Waals surface area contributed by atoms with E-state index in [-0.39, 0.29) is 133 Å². The van der Waals surface area contributed by atoms with Gasteiger partial charge >= 0.3 is 23.9 Å². The molecule has 21 atom stereocenters. The zero-order valence-electron chi connectivity index (χ0n) is 92.5. The molecule has 2 aromatic heterocycles. The molecule has 144 heavy (non-hydrogen) atoms. The number of allylic oxidation sites excluding steroid dienone is 13. The fourth-order valence-corrected chi connectivity index (χ4v) is 37.0. The monoisotopic (exact) mass is 1990 g/mol. The molecule has 20 aliphatic rings. The number of aliphatic hydroxyl groups is 2. The second-order valence-electron chi connectivity index (χ2n) is 53.9. The average Bonchev–Trinajstić information content (AvgIpc) is 1.29. The lowest BCUT2D eigenvalue weighted by Gasteiger charge is -2.65. The first-order valence-corrected chi connectivity index (χ1v) is 54.8. The SMILES string of the molecule is CC1(C)C(=O)CC[C@]2(C)C3=CCC[C@@H](O)[C@]3(C)CC[C@@H]12.CC1(C)[C@@H]2CC[C@@]3(C)C(=O)CCC=C3[C@@]2(C)CCC12OCCO2.COC(=O)C1=C[C@]2(C)CC[C@H]3C(C)(C)C(=O)CC[C@]3(C)C2=CC1.COC(=O)C1=C[C@]2(C)CC[C@H]3C(C)(C)c4oncc4C[C@]3(C)C2=CC1.COC(=O)C1=C[C@]2(C)CC[C@H]3C(C)(C)c4oncc4C[C@]3(C)C2=CC1=O.COC(=O)[C@H]1CC=C2[C@@](C)(CC[C@H]3C(C)(C)C4(CC[C@]23C)OCCO4)C1O. The molecular formula is C122H172N2O20. The van der Waals surface area contributed by atoms with Crippen LogP contribution in [0.5, 0.6) is 0 Å². The number of hydrogen-bond donors (Lipinski definition) is 2. The molecule has 790 valence electrons. The van der Waals surface area contributed by atoms with Crippen LogP contribution in [-0.2, 0) is 99.9 Å². The van der Waals surface area contributed by atoms with E-state index in [2.05, 4.69) is 219 Å². The van der Waals surface area contributed by atoms with E-state index in [1.165, 1.54) is 61.9 Å². The first-order chi connectivity index (χ1) is 67.1. The van der Waals surface area contributed by atoms with Gasteiger partial charge in [0.1, 0.15) is 34.4 Å². The van der Waals surface area contributed by atoms with Crippen LogP contribution in [0.2, 0.25) is 0 Å². The van der Waals surface area contributed by atoms with Crippen molar-refractivity contribution in [2.24, 2.45) is 128 Å². The van der Waals surface area contributed by atoms with Crippen LogP contribution in [0.1, 0.15) is 362 Å². The standard InChI is InChI=1S/C22H34O5.C21H25NO4.C21H27NO3.C20H30O3.C20H28O3.C18H28O2/c1-19(2)15-8-9-21(4)16(7-6-14(17(21)23)18(24)25-5)20(15,3)10-11-22(19)26-12-13-27-22;1-19(2)15-6-7-20(3)10-13(18(24)25-5)14(23)8-16(20)21(15,4)9-12-11-22-26-17(12)19;1-19(2)15-8-9-20(3)10-13(18(23)24-5)6-7-16(20)21(15,4)11-14-12-22-25-17(14)19;1-17(2)14-8-9-19(4)15(6-5-7-16(19)21)18(14,3)10-11-20(17)22-12-13-23-20;1-18(2)14-8-10-19(3)12-13(17(22)23-5)6-7-15(19)20(14,4)11-9-16(18)21;1-16(2)12-8-10-18(4)13(6-5-7-15(18)20)17(12,3)11-9-14(16)19/h7,14-15,17,23H,6,8-13H2,1-5H3;8,10-11,15H,6-7,9H2,1-5H3;7,10,12,15H,6,8-9,11H2,1-5H3;6,14H,5,7-13H2,1-4H3;7,12,14H,6,8-11H2,1-5H3;6,12,15,20H,5,7-11H2,1-4H3/t14-,15-,17?,20-,21+;2*15-,20-,21-;14-,18-,19+;14-,19-,20-;12-,15+,17-,18+/m000000/s1. The van der Waals surface area contributed by atoms with Gasteiger partial charge in [0.15, 0.2) is 17.4 Å². The molecular weight excluding hydrogens is 1810 g/mol. The number of methoxy groups -OCH3 is 4. The molecule has 0 radical (unpaired) electrons. The molecule has 2 spiro atoms. The number of carbonyl (C=O) groups excluding carboxylic acids is 8. The van der Waals surface area contributed by atoms with Crippen molar-refractivity contribution in [3.8, 4) is 0 Å². The number of Topliss-reactive ketones (excluding diaryl/α,β-unsaturated/α-hetero) is 3. The molecule has 22 rings (SSSR count). The fourth-order valence-electron chi connectivity index (χ4n) is 37.0. The van der Waals surface area contributed by atoms with Crippen molar-refractivity contribution >= 4 is 47.0 Å². The molecule has 0 bridgehead atoms. The second-order valence-corrected chi connectivity index (χ2v) is 53.9. The Morgan fingerprint density at radius 1 is 0.361 bits per heavy atom. The number of fused-ring (bicyclic) bond motifs is 20. The van der Waals surface area contributed by atoms with Crippen LogP contribution in [0.3, 0.4) is 0 Å². The molecule has 18 aliphatic carbocycles. The Morgan fingerprint density at radius 3 is 1.23 bits per heavy atom. The lowest BCUT2D eigenvalue weighted by Crippen LogP contribution is -2.63. The Balaban J connectivity index is 0.000000119. The van der Waals surface area contributed by atoms with E-state index < -0.39 is 29.6 Å². The average molecular weight is 1990 g/mol. The third-order valence-corrected chi connectivity index (χ3v) is 44.4. The summed E-state index contributed by atoms with van der Waals surface area (Å²) >= 11 is 0. The quantitative estimate of drug-likeness (QED) is 0.124. The van der Waals surface area contributed by atoms with Crippen LogP contribution < -0.4 is 0 Å². The number of hydrogen-bond acceptors (Lipinski definition) is 22. The van der Waals surface area contributed by atoms with Crippen molar-refractivity contribution in [3.05, 3.63) is 140 Å². The summed E-state index contributed by atoms with van der Waals surface area (Å²) in [4.78, 5) is 98.3. The van der Waals surface area contributed by atoms with E-state index in [4.69, 9.17) is 46.9 Å². The van der Waals surface area contributed by atoms with Gasteiger partial charge < -0.3 is 57.2 Å². The summed E-state index contributed by atoms with van der Waals surface area (Å²) in [7, 11) is 5.62. The lowest BCUT2D eigenvalue weighted by molar-refractivity contribution is -0.286. The molecule has 2 N–H and O–H groups in total. The van der Waals surface area contributed by atoms with Gasteiger partial charge in [-0.25, -0.2) is 14.4 Å². The Bertz CT molecular complexity index is 5790. The highest BCUT2D eigenvalue weighted by molar-refractivity contribution is 6.23. The summed E-state index contributed by atoms with van der Waals surface area (Å²) in [5, 5.41) is 29.8. The van der Waals surface area contributed by atoms with E-state index in [0.29, 0.717) is 111 Å². The van der Waals surface area contributed by atoms with E-state index >= 15 is 0 Å². The Hall–Kier alpha value is -7.60. The third kappa shape index (κ3) is 16.2. The van der Waals surface area contributed by atoms with Gasteiger partial charge in [0.2, 0.25) is 0 Å². The van der Waals surface area contributed by atoms with Gasteiger partial charge in [-0.1, -0.05) is 252 Å². The number of carbonyl (C=O) groups is 8. The minimum absolute atomic E-state index is 0.0148. The van der Waals surface area contributed by atoms with Gasteiger partial charge in [-0.15, -0.1) is 0 Å². The number of esters is 4. The predicted octanol–water partition coefficient (Wildman–Crippen LogP) is 23.7. The molecule has 2 aliphatic heterocycles. The zero-order valence-corrected chi connectivity index (χ0v) is 92.5. The van der Waals surface area contributed by atoms with Crippen molar-refractivity contribution < 1.29 is 95.5 Å². The molecule has 2 aromatic rings. The summed E-state index contributed by atoms with van der Waals surface area (Å²) in [6.45, 7) is 56.9. The van der Waals surface area contributed by atoms with Crippen molar-refractivity contribution in [1.29, 1.82) is 0 Å². The molecule has 0 amide bonds. The first-order valence-electron chi connectivity index (χ1n) is 54.8. The summed E-state index contributed by atoms with van der Waals surface area (Å²) < 4.78 is 55.6. The highest BCUT2D eigenvalue weighted by Crippen LogP contribution is 2.75. The zero-order chi connectivity index (χ0) is 105. The van der Waals surface area contributed by atoms with Gasteiger partial charge in [0, 0.05) is 119 Å². The summed E-state index contributed by atoms with van der Waals surface area (Å²) in [6, 6.07) is 0. The molecule has 1 unspecified atom stereocenters. The Kier molecular flexibility index (Phi) is 27.4. The summed E-state index contributed by atoms with van der Waals surface area (Å²) in [5.41, 5.74) is 10.6. The largest absolute Gasteiger partial charge is 0.469 e. The van der Waals surface area contributed by atoms with Crippen LogP contribution in [0.15, 0.2) is 126 Å². The van der Waals surface area contributed by atoms with Crippen molar-refractivity contribution in [2.75, 3.05) is 54.9 Å². The van der Waals surface area contributed by atoms with Gasteiger partial charge in [0.25, 0.3) is 0 Å². The van der Waals surface area contributed by atoms with Gasteiger partial charge in [-0.3, -0.25) is 24.0 Å². The van der Waals surface area contributed by atoms with E-state index in [0.717, 1.165) is 188 Å². The van der Waals surface area contributed by atoms with Gasteiger partial charge in [-0.2, -0.15) is 0 Å². The molecule has 12 fully saturated rings. The molecule has 2 saturated heterocycles. The molecule has 4 heterocycles. The van der Waals surface area contributed by atoms with E-state index in [1.54, 1.807) is 6.08 Å². The smallest absolute Gasteiger partial charge is 0.341 e. The van der Waals surface area contributed by atoms with Crippen LogP contribution in [-0.4, -0.2) is 146 Å². The number of aliphatic hydroxyl groups excluding tert-OH is 2. The molecule has 22 nitrogen and oxygen atoms in total. The summed E-state index contributed by atoms with van der Waals surface area (Å²) in [5.74, 6) is 3.04. The predicted molar refractivity (Wildman–Crippen MR) is 550 cm³/mol. The summed E-state index contributed by atoms with van der Waals surface area (Å²) in [6.07, 6.45) is 48.6. The van der Waals surface area contributed by atoms with Crippen LogP contribution >= 0.6 is 0 Å². The lowest BCUT2D eigenvalue weighted by atomic mass is 9.42. The minimum Gasteiger partial charge on any atom is -0.469 e. The number of aromatic nitrogens is 2. The maximum absolute atomic E-state index is 12.7. The minimum atomic E-state index is -0.694. The Labute approximate surface area is 857 Å². The third-order valence-electron chi connectivity index (χ3n) is 44.4. The normalized spacial score (nSPS) is 40.8. The fraction of sp³-hybridized carbons (Fsp3) is 0.738. The van der Waals surface area contributed by atoms with E-state index in [9.17, 15) is 48.6 Å². The highest BCUT2D eigenvalue weighted by atomic mass is 16.7. The van der Waals surface area contributed by atoms with Crippen LogP contribution in [0.25, 0.3) is 0 Å². The Morgan fingerprint density at radius 2 is 0.757 bits per heavy atom. The molecule has 0 aromatic carbocycles. The van der Waals surface area contributed by atoms with Crippen molar-refractivity contribution in [3.63, 3.8) is 0 Å². The number of ketones is 4. The number of nitrogens with zero attached hydrogens (tertiary/aromatic N) is 2. The number of ether oxygens (including phenoxy) is 8. The second kappa shape index (κ2) is 36.6. The van der Waals surface area contributed by atoms with Crippen LogP contribution in [0.4, 0.5) is 0 Å². The highest BCUT2D eigenvalue weighted by Gasteiger charge is 2.71. The molecule has 10 saturated carbocycles. The maximum Gasteiger partial charge on any atom is 0.341 e. The van der Waals surface area contributed by atoms with Crippen molar-refractivity contribution in [2.45, 2.75) is 387 Å².